The third-order valence-electron chi connectivity index (χ3n) is 28.6. The van der Waals surface area contributed by atoms with Crippen LogP contribution >= 0.6 is 0 Å². The molecule has 2 heterocycles. The van der Waals surface area contributed by atoms with Crippen molar-refractivity contribution in [1.29, 1.82) is 0 Å². The van der Waals surface area contributed by atoms with E-state index >= 15 is 0 Å². The molecule has 640 valence electrons. The molecule has 0 N–H and O–H groups in total. The SMILES string of the molecule is CC1(C)c2ccccc2Oc2ccc(-c3ccc(N(c4ccc(-c5ccc(-c6ccccc6)cc5)cc4)c4ccc(-c5ccc6c(c5)C(C)(C)c5ccccc5-6)cc4)cc3)cc21.CC1(C)c2ccccc2Oc2ccc(-c3ccc(N(c4ccc(-c5ccc(-c6ccccc6)cc5)cc4)c4ccc(-c5ccc6c(c5)C(c5ccccc5)(c5ccccc5)c5ccccc5-6)cc4)cc3)cc21. The first kappa shape index (κ1) is 82.0. The molecule has 0 radical (unpaired) electrons. The normalized spacial score (nSPS) is 13.7. The van der Waals surface area contributed by atoms with Crippen LogP contribution in [0.2, 0.25) is 0 Å². The molecule has 0 atom stereocenters. The first-order valence-corrected chi connectivity index (χ1v) is 46.6. The van der Waals surface area contributed by atoms with E-state index in [1.54, 1.807) is 0 Å². The zero-order valence-corrected chi connectivity index (χ0v) is 75.9. The number of nitrogens with zero attached hydrogens (tertiary/aromatic N) is 2. The molecule has 0 spiro atoms. The lowest BCUT2D eigenvalue weighted by atomic mass is 9.67. The second kappa shape index (κ2) is 33.5. The molecule has 0 saturated carbocycles. The second-order valence-corrected chi connectivity index (χ2v) is 37.4. The fourth-order valence-electron chi connectivity index (χ4n) is 21.4. The summed E-state index contributed by atoms with van der Waals surface area (Å²) in [6.45, 7) is 13.9. The van der Waals surface area contributed by atoms with Crippen molar-refractivity contribution in [3.05, 3.63) is 541 Å². The molecule has 4 heteroatoms. The fourth-order valence-corrected chi connectivity index (χ4v) is 21.4. The van der Waals surface area contributed by atoms with Gasteiger partial charge in [-0.15, -0.1) is 0 Å². The first-order valence-electron chi connectivity index (χ1n) is 46.6. The summed E-state index contributed by atoms with van der Waals surface area (Å²) in [4.78, 5) is 4.73. The lowest BCUT2D eigenvalue weighted by molar-refractivity contribution is 0.418. The highest BCUT2D eigenvalue weighted by molar-refractivity contribution is 5.91. The predicted octanol–water partition coefficient (Wildman–Crippen LogP) is 35.2. The average molecular weight is 1720 g/mol. The van der Waals surface area contributed by atoms with Crippen molar-refractivity contribution >= 4 is 34.1 Å². The summed E-state index contributed by atoms with van der Waals surface area (Å²) in [7, 11) is 0. The van der Waals surface area contributed by atoms with Gasteiger partial charge in [0.1, 0.15) is 23.0 Å². The van der Waals surface area contributed by atoms with Crippen LogP contribution in [0.1, 0.15) is 97.2 Å². The topological polar surface area (TPSA) is 24.9 Å². The Bertz CT molecular complexity index is 7740. The smallest absolute Gasteiger partial charge is 0.131 e. The van der Waals surface area contributed by atoms with Gasteiger partial charge in [0.25, 0.3) is 0 Å². The van der Waals surface area contributed by atoms with Gasteiger partial charge in [-0.25, -0.2) is 0 Å². The number of ether oxygens (including phenoxy) is 2. The predicted molar refractivity (Wildman–Crippen MR) is 558 cm³/mol. The molecular weight excluding hydrogens is 1620 g/mol. The van der Waals surface area contributed by atoms with Crippen LogP contribution < -0.4 is 19.3 Å². The molecule has 2 aliphatic heterocycles. The molecular formula is C130H98N2O2. The Morgan fingerprint density at radius 2 is 0.358 bits per heavy atom. The molecule has 20 aromatic rings. The molecule has 0 fully saturated rings. The lowest BCUT2D eigenvalue weighted by Gasteiger charge is -2.34. The van der Waals surface area contributed by atoms with E-state index < -0.39 is 5.41 Å². The van der Waals surface area contributed by atoms with Crippen LogP contribution in [0.3, 0.4) is 0 Å². The van der Waals surface area contributed by atoms with Crippen molar-refractivity contribution in [2.45, 2.75) is 63.2 Å². The molecule has 134 heavy (non-hydrogen) atoms. The maximum atomic E-state index is 6.42. The quantitative estimate of drug-likeness (QED) is 0.0963. The van der Waals surface area contributed by atoms with Crippen LogP contribution in [-0.2, 0) is 21.7 Å². The number of anilines is 6. The molecule has 4 nitrogen and oxygen atoms in total. The number of rotatable bonds is 16. The Balaban J connectivity index is 0.000000153. The van der Waals surface area contributed by atoms with E-state index in [0.29, 0.717) is 0 Å². The number of hydrogen-bond acceptors (Lipinski definition) is 4. The Kier molecular flexibility index (Phi) is 20.5. The Morgan fingerprint density at radius 1 is 0.149 bits per heavy atom. The van der Waals surface area contributed by atoms with E-state index in [-0.39, 0.29) is 16.2 Å². The van der Waals surface area contributed by atoms with Gasteiger partial charge >= 0.3 is 0 Å². The fraction of sp³-hybridized carbons (Fsp3) is 0.0769. The first-order chi connectivity index (χ1) is 65.6. The molecule has 0 aromatic heterocycles. The molecule has 24 rings (SSSR count). The molecule has 0 amide bonds. The third-order valence-corrected chi connectivity index (χ3v) is 28.6. The van der Waals surface area contributed by atoms with Crippen LogP contribution in [0.15, 0.2) is 485 Å². The van der Waals surface area contributed by atoms with Crippen molar-refractivity contribution in [3.8, 4) is 134 Å². The summed E-state index contributed by atoms with van der Waals surface area (Å²) in [6.07, 6.45) is 0. The summed E-state index contributed by atoms with van der Waals surface area (Å²) in [5, 5.41) is 0. The molecule has 0 unspecified atom stereocenters. The summed E-state index contributed by atoms with van der Waals surface area (Å²) in [5.74, 6) is 3.71. The van der Waals surface area contributed by atoms with Gasteiger partial charge in [-0.1, -0.05) is 406 Å². The maximum absolute atomic E-state index is 6.42. The number of para-hydroxylation sites is 2. The molecule has 2 aliphatic carbocycles. The Morgan fingerprint density at radius 3 is 0.701 bits per heavy atom. The minimum Gasteiger partial charge on any atom is -0.457 e. The van der Waals surface area contributed by atoms with Crippen LogP contribution in [0, 0.1) is 0 Å². The number of hydrogen-bond donors (Lipinski definition) is 0. The van der Waals surface area contributed by atoms with Crippen LogP contribution in [0.5, 0.6) is 23.0 Å². The van der Waals surface area contributed by atoms with E-state index in [4.69, 9.17) is 9.47 Å². The van der Waals surface area contributed by atoms with Gasteiger partial charge in [-0.2, -0.15) is 0 Å². The van der Waals surface area contributed by atoms with E-state index in [2.05, 4.69) is 525 Å². The largest absolute Gasteiger partial charge is 0.457 e. The highest BCUT2D eigenvalue weighted by Gasteiger charge is 2.47. The average Bonchev–Trinajstić information content (AvgIpc) is 1.53. The summed E-state index contributed by atoms with van der Waals surface area (Å²) in [5.41, 5.74) is 42.7. The van der Waals surface area contributed by atoms with Crippen molar-refractivity contribution in [3.63, 3.8) is 0 Å². The summed E-state index contributed by atoms with van der Waals surface area (Å²) >= 11 is 0. The van der Waals surface area contributed by atoms with Crippen molar-refractivity contribution in [1.82, 2.24) is 0 Å². The number of fused-ring (bicyclic) bond motifs is 10. The van der Waals surface area contributed by atoms with Gasteiger partial charge in [0.05, 0.1) is 5.41 Å². The molecule has 4 aliphatic rings. The van der Waals surface area contributed by atoms with Crippen molar-refractivity contribution in [2.75, 3.05) is 9.80 Å². The van der Waals surface area contributed by atoms with Crippen molar-refractivity contribution in [2.24, 2.45) is 0 Å². The van der Waals surface area contributed by atoms with E-state index in [9.17, 15) is 0 Å². The van der Waals surface area contributed by atoms with E-state index in [0.717, 1.165) is 73.8 Å². The number of benzene rings is 20. The minimum atomic E-state index is -0.460. The highest BCUT2D eigenvalue weighted by Crippen LogP contribution is 2.59. The van der Waals surface area contributed by atoms with E-state index in [1.807, 2.05) is 12.1 Å². The Hall–Kier alpha value is -16.4. The van der Waals surface area contributed by atoms with Gasteiger partial charge in [-0.05, 0) is 266 Å². The third kappa shape index (κ3) is 14.5. The minimum absolute atomic E-state index is 0.0462. The summed E-state index contributed by atoms with van der Waals surface area (Å²) < 4.78 is 12.8. The van der Waals surface area contributed by atoms with Gasteiger partial charge < -0.3 is 19.3 Å². The lowest BCUT2D eigenvalue weighted by Crippen LogP contribution is -2.28. The standard InChI is InChI=1S/C70H51NO.C60H47NO/c1-69(2)64-24-14-15-25-67(64)72-68-45-37-55(47-66(68)69)53-34-42-60(43-35-53)71(58-38-30-51(31-39-58)50-28-26-49(27-29-50)48-16-6-3-7-17-48)59-40-32-52(33-41-59)54-36-44-62-61-22-12-13-23-63(61)70(65(62)46-54,56-18-8-4-9-19-56)57-20-10-5-11-21-57;1-59(2)53-15-9-8-14-51(53)52-36-28-46(38-55(52)59)44-24-32-49(33-25-44)61(48-30-22-43(23-31-48)42-20-18-41(19-21-42)40-12-6-5-7-13-40)50-34-26-45(27-35-50)47-29-37-58-56(39-47)60(3,4)54-16-10-11-17-57(54)62-58/h3-47H,1-2H3;5-39H,1-4H3. The maximum Gasteiger partial charge on any atom is 0.131 e. The van der Waals surface area contributed by atoms with Gasteiger partial charge in [-0.3, -0.25) is 0 Å². The molecule has 20 aromatic carbocycles. The Labute approximate surface area is 786 Å². The van der Waals surface area contributed by atoms with Crippen LogP contribution in [0.4, 0.5) is 34.1 Å². The second-order valence-electron chi connectivity index (χ2n) is 37.4. The molecule has 0 saturated heterocycles. The van der Waals surface area contributed by atoms with Crippen LogP contribution in [0.25, 0.3) is 111 Å². The van der Waals surface area contributed by atoms with E-state index in [1.165, 1.54) is 150 Å². The van der Waals surface area contributed by atoms with Gasteiger partial charge in [0.2, 0.25) is 0 Å². The van der Waals surface area contributed by atoms with Crippen molar-refractivity contribution < 1.29 is 9.47 Å². The highest BCUT2D eigenvalue weighted by atomic mass is 16.5. The van der Waals surface area contributed by atoms with Gasteiger partial charge in [0, 0.05) is 72.6 Å². The molecule has 0 bridgehead atoms. The zero-order valence-electron chi connectivity index (χ0n) is 75.9. The summed E-state index contributed by atoms with van der Waals surface area (Å²) in [6, 6.07) is 177. The van der Waals surface area contributed by atoms with Gasteiger partial charge in [0.15, 0.2) is 0 Å². The monoisotopic (exact) mass is 1720 g/mol. The van der Waals surface area contributed by atoms with Crippen LogP contribution in [-0.4, -0.2) is 0 Å². The zero-order chi connectivity index (χ0) is 90.2.